The Morgan fingerprint density at radius 3 is 2.39 bits per heavy atom. The first-order valence-corrected chi connectivity index (χ1v) is 8.00. The Kier molecular flexibility index (Phi) is 5.71. The second-order valence-electron chi connectivity index (χ2n) is 4.96. The van der Waals surface area contributed by atoms with Gasteiger partial charge in [-0.25, -0.2) is 0 Å². The molecule has 0 bridgehead atoms. The van der Waals surface area contributed by atoms with E-state index in [9.17, 15) is 18.0 Å². The van der Waals surface area contributed by atoms with E-state index in [1.807, 2.05) is 31.2 Å². The van der Waals surface area contributed by atoms with Crippen LogP contribution in [0.1, 0.15) is 21.5 Å². The van der Waals surface area contributed by atoms with Gasteiger partial charge in [0.2, 0.25) is 0 Å². The molecule has 2 aromatic rings. The van der Waals surface area contributed by atoms with E-state index in [4.69, 9.17) is 0 Å². The van der Waals surface area contributed by atoms with E-state index in [0.717, 1.165) is 16.5 Å². The largest absolute Gasteiger partial charge is 0.417 e. The summed E-state index contributed by atoms with van der Waals surface area (Å²) < 4.78 is 38.6. The average molecular weight is 339 g/mol. The molecule has 0 fully saturated rings. The minimum Gasteiger partial charge on any atom is -0.351 e. The Balaban J connectivity index is 1.89. The Labute approximate surface area is 137 Å². The number of benzene rings is 2. The summed E-state index contributed by atoms with van der Waals surface area (Å²) in [7, 11) is 0. The molecule has 1 N–H and O–H groups in total. The maximum absolute atomic E-state index is 12.9. The minimum absolute atomic E-state index is 0.295. The van der Waals surface area contributed by atoms with Crippen LogP contribution >= 0.6 is 11.8 Å². The van der Waals surface area contributed by atoms with Gasteiger partial charge in [-0.3, -0.25) is 4.79 Å². The van der Waals surface area contributed by atoms with Crippen LogP contribution in [0.5, 0.6) is 0 Å². The molecule has 0 saturated carbocycles. The van der Waals surface area contributed by atoms with Crippen LogP contribution in [-0.4, -0.2) is 18.2 Å². The Morgan fingerprint density at radius 1 is 1.09 bits per heavy atom. The van der Waals surface area contributed by atoms with Crippen molar-refractivity contribution in [3.05, 3.63) is 65.2 Å². The molecule has 2 aromatic carbocycles. The molecule has 2 rings (SSSR count). The van der Waals surface area contributed by atoms with Crippen molar-refractivity contribution in [2.45, 2.75) is 18.0 Å². The van der Waals surface area contributed by atoms with Crippen molar-refractivity contribution >= 4 is 17.7 Å². The number of halogens is 3. The molecule has 0 atom stereocenters. The van der Waals surface area contributed by atoms with E-state index >= 15 is 0 Å². The molecule has 1 amide bonds. The molecule has 0 aliphatic carbocycles. The molecule has 0 heterocycles. The highest BCUT2D eigenvalue weighted by Crippen LogP contribution is 2.31. The van der Waals surface area contributed by atoms with Crippen LogP contribution in [0.4, 0.5) is 13.2 Å². The fraction of sp³-hybridized carbons (Fsp3) is 0.235. The standard InChI is InChI=1S/C17H16F3NOS/c1-12-6-8-13(9-7-12)23-11-10-21-16(22)14-4-2-3-5-15(14)17(18,19)20/h2-9H,10-11H2,1H3,(H,21,22). The minimum atomic E-state index is -4.54. The van der Waals surface area contributed by atoms with Crippen molar-refractivity contribution in [1.29, 1.82) is 0 Å². The summed E-state index contributed by atoms with van der Waals surface area (Å²) in [6.45, 7) is 2.29. The lowest BCUT2D eigenvalue weighted by Gasteiger charge is -2.12. The Morgan fingerprint density at radius 2 is 1.74 bits per heavy atom. The molecule has 0 aliphatic rings. The van der Waals surface area contributed by atoms with Gasteiger partial charge in [0.1, 0.15) is 0 Å². The Bertz CT molecular complexity index is 668. The number of aryl methyl sites for hydroxylation is 1. The second-order valence-corrected chi connectivity index (χ2v) is 6.13. The zero-order valence-corrected chi connectivity index (χ0v) is 13.3. The first-order valence-electron chi connectivity index (χ1n) is 7.02. The number of carbonyl (C=O) groups is 1. The average Bonchev–Trinajstić information content (AvgIpc) is 2.52. The molecule has 0 spiro atoms. The third kappa shape index (κ3) is 5.03. The maximum atomic E-state index is 12.9. The zero-order valence-electron chi connectivity index (χ0n) is 12.5. The van der Waals surface area contributed by atoms with E-state index in [0.29, 0.717) is 12.3 Å². The number of hydrogen-bond donors (Lipinski definition) is 1. The fourth-order valence-corrected chi connectivity index (χ4v) is 2.76. The van der Waals surface area contributed by atoms with Crippen LogP contribution in [0.25, 0.3) is 0 Å². The van der Waals surface area contributed by atoms with E-state index in [1.165, 1.54) is 30.0 Å². The third-order valence-corrected chi connectivity index (χ3v) is 4.17. The fourth-order valence-electron chi connectivity index (χ4n) is 1.99. The molecular formula is C17H16F3NOS. The Hall–Kier alpha value is -1.95. The van der Waals surface area contributed by atoms with Gasteiger partial charge < -0.3 is 5.32 Å². The number of nitrogens with one attached hydrogen (secondary N) is 1. The second kappa shape index (κ2) is 7.55. The SMILES string of the molecule is Cc1ccc(SCCNC(=O)c2ccccc2C(F)(F)F)cc1. The highest BCUT2D eigenvalue weighted by molar-refractivity contribution is 7.99. The number of carbonyl (C=O) groups excluding carboxylic acids is 1. The van der Waals surface area contributed by atoms with Crippen molar-refractivity contribution in [3.63, 3.8) is 0 Å². The molecule has 0 unspecified atom stereocenters. The lowest BCUT2D eigenvalue weighted by Crippen LogP contribution is -2.28. The summed E-state index contributed by atoms with van der Waals surface area (Å²) in [6.07, 6.45) is -4.54. The molecule has 0 aromatic heterocycles. The van der Waals surface area contributed by atoms with Gasteiger partial charge in [-0.15, -0.1) is 11.8 Å². The normalized spacial score (nSPS) is 11.3. The summed E-state index contributed by atoms with van der Waals surface area (Å²) in [4.78, 5) is 13.0. The monoisotopic (exact) mass is 339 g/mol. The predicted molar refractivity (Wildman–Crippen MR) is 85.7 cm³/mol. The third-order valence-electron chi connectivity index (χ3n) is 3.15. The maximum Gasteiger partial charge on any atom is 0.417 e. The summed E-state index contributed by atoms with van der Waals surface area (Å²) in [6, 6.07) is 12.7. The molecule has 23 heavy (non-hydrogen) atoms. The van der Waals surface area contributed by atoms with Crippen LogP contribution in [0.2, 0.25) is 0 Å². The zero-order chi connectivity index (χ0) is 16.9. The summed E-state index contributed by atoms with van der Waals surface area (Å²) >= 11 is 1.54. The van der Waals surface area contributed by atoms with Gasteiger partial charge in [0.15, 0.2) is 0 Å². The topological polar surface area (TPSA) is 29.1 Å². The van der Waals surface area contributed by atoms with Gasteiger partial charge in [0.25, 0.3) is 5.91 Å². The molecule has 0 saturated heterocycles. The van der Waals surface area contributed by atoms with Gasteiger partial charge in [-0.1, -0.05) is 29.8 Å². The van der Waals surface area contributed by atoms with E-state index in [-0.39, 0.29) is 5.56 Å². The number of rotatable bonds is 5. The molecular weight excluding hydrogens is 323 g/mol. The van der Waals surface area contributed by atoms with Crippen molar-refractivity contribution in [2.24, 2.45) is 0 Å². The predicted octanol–water partition coefficient (Wildman–Crippen LogP) is 4.54. The molecule has 2 nitrogen and oxygen atoms in total. The van der Waals surface area contributed by atoms with E-state index in [1.54, 1.807) is 0 Å². The summed E-state index contributed by atoms with van der Waals surface area (Å²) in [5, 5.41) is 2.53. The lowest BCUT2D eigenvalue weighted by molar-refractivity contribution is -0.137. The van der Waals surface area contributed by atoms with Gasteiger partial charge >= 0.3 is 6.18 Å². The van der Waals surface area contributed by atoms with Gasteiger partial charge in [-0.05, 0) is 31.2 Å². The van der Waals surface area contributed by atoms with Gasteiger partial charge in [0, 0.05) is 17.2 Å². The number of amides is 1. The van der Waals surface area contributed by atoms with Crippen LogP contribution in [0.15, 0.2) is 53.4 Å². The van der Waals surface area contributed by atoms with Crippen LogP contribution in [0.3, 0.4) is 0 Å². The van der Waals surface area contributed by atoms with Crippen molar-refractivity contribution in [1.82, 2.24) is 5.32 Å². The van der Waals surface area contributed by atoms with Crippen LogP contribution < -0.4 is 5.32 Å². The molecule has 0 aliphatic heterocycles. The number of alkyl halides is 3. The quantitative estimate of drug-likeness (QED) is 0.640. The van der Waals surface area contributed by atoms with Crippen LogP contribution in [0, 0.1) is 6.92 Å². The highest BCUT2D eigenvalue weighted by atomic mass is 32.2. The first-order chi connectivity index (χ1) is 10.9. The van der Waals surface area contributed by atoms with Crippen LogP contribution in [-0.2, 0) is 6.18 Å². The van der Waals surface area contributed by atoms with E-state index in [2.05, 4.69) is 5.32 Å². The molecule has 6 heteroatoms. The van der Waals surface area contributed by atoms with Crippen molar-refractivity contribution in [3.8, 4) is 0 Å². The highest BCUT2D eigenvalue weighted by Gasteiger charge is 2.34. The lowest BCUT2D eigenvalue weighted by atomic mass is 10.1. The number of thioether (sulfide) groups is 1. The summed E-state index contributed by atoms with van der Waals surface area (Å²) in [5.41, 5.74) is -0.101. The molecule has 0 radical (unpaired) electrons. The molecule has 122 valence electrons. The van der Waals surface area contributed by atoms with Crippen molar-refractivity contribution < 1.29 is 18.0 Å². The summed E-state index contributed by atoms with van der Waals surface area (Å²) in [5.74, 6) is -0.120. The first kappa shape index (κ1) is 17.4. The van der Waals surface area contributed by atoms with E-state index < -0.39 is 17.6 Å². The smallest absolute Gasteiger partial charge is 0.351 e. The van der Waals surface area contributed by atoms with Gasteiger partial charge in [0.05, 0.1) is 11.1 Å². The van der Waals surface area contributed by atoms with Crippen molar-refractivity contribution in [2.75, 3.05) is 12.3 Å². The van der Waals surface area contributed by atoms with Gasteiger partial charge in [-0.2, -0.15) is 13.2 Å². The number of hydrogen-bond acceptors (Lipinski definition) is 2.